The number of hydrogen-bond donors (Lipinski definition) is 0. The minimum Gasteiger partial charge on any atom is -0.198 e. The predicted molar refractivity (Wildman–Crippen MR) is 47.5 cm³/mol. The van der Waals surface area contributed by atoms with Crippen molar-refractivity contribution in [2.45, 2.75) is 25.9 Å². The smallest absolute Gasteiger partial charge is 0.198 e. The van der Waals surface area contributed by atoms with Crippen molar-refractivity contribution in [2.24, 2.45) is 5.92 Å². The molecule has 4 heteroatoms. The quantitative estimate of drug-likeness (QED) is 0.502. The molecule has 0 N–H and O–H groups in total. The average molecular weight is 196 g/mol. The summed E-state index contributed by atoms with van der Waals surface area (Å²) in [6.07, 6.45) is 0.826. The Morgan fingerprint density at radius 3 is 2.40 bits per heavy atom. The van der Waals surface area contributed by atoms with E-state index in [9.17, 15) is 0 Å². The molecule has 0 aliphatic rings. The van der Waals surface area contributed by atoms with Crippen molar-refractivity contribution in [3.63, 3.8) is 0 Å². The second-order valence-electron chi connectivity index (χ2n) is 2.64. The van der Waals surface area contributed by atoms with Crippen LogP contribution < -0.4 is 0 Å². The van der Waals surface area contributed by atoms with Crippen LogP contribution in [0.4, 0.5) is 0 Å². The Kier molecular flexibility index (Phi) is 4.35. The van der Waals surface area contributed by atoms with E-state index in [1.807, 2.05) is 13.5 Å². The van der Waals surface area contributed by atoms with Crippen LogP contribution in [0.3, 0.4) is 0 Å². The van der Waals surface area contributed by atoms with E-state index in [1.165, 1.54) is 0 Å². The Morgan fingerprint density at radius 2 is 2.10 bits per heavy atom. The number of hydrogen-bond acceptors (Lipinski definition) is 1. The maximum absolute atomic E-state index is 8.41. The van der Waals surface area contributed by atoms with E-state index in [2.05, 4.69) is 6.07 Å². The van der Waals surface area contributed by atoms with Crippen molar-refractivity contribution < 1.29 is 0 Å². The molecule has 0 heterocycles. The number of halogens is 2. The lowest BCUT2D eigenvalue weighted by atomic mass is 10.1. The second kappa shape index (κ2) is 4.22. The summed E-state index contributed by atoms with van der Waals surface area (Å²) in [6.45, 7) is 1.82. The first kappa shape index (κ1) is 10.3. The van der Waals surface area contributed by atoms with Crippen LogP contribution in [0.1, 0.15) is 13.3 Å². The first-order chi connectivity index (χ1) is 4.45. The lowest BCUT2D eigenvalue weighted by molar-refractivity contribution is 0.708. The Hall–Kier alpha value is 0.287. The fraction of sp³-hybridized carbons (Fsp3) is 0.833. The van der Waals surface area contributed by atoms with Crippen LogP contribution in [0, 0.1) is 17.2 Å². The molecule has 58 valence electrons. The van der Waals surface area contributed by atoms with E-state index in [-0.39, 0.29) is 5.92 Å². The molecule has 0 aromatic carbocycles. The van der Waals surface area contributed by atoms with Crippen molar-refractivity contribution in [1.82, 2.24) is 0 Å². The third-order valence-electron chi connectivity index (χ3n) is 1.24. The maximum atomic E-state index is 8.41. The molecule has 10 heavy (non-hydrogen) atoms. The van der Waals surface area contributed by atoms with E-state index in [1.54, 1.807) is 0 Å². The lowest BCUT2D eigenvalue weighted by Crippen LogP contribution is -2.13. The summed E-state index contributed by atoms with van der Waals surface area (Å²) in [5.41, 5.74) is 0. The van der Waals surface area contributed by atoms with Crippen molar-refractivity contribution >= 4 is 28.9 Å². The molecule has 0 aliphatic heterocycles. The zero-order valence-corrected chi connectivity index (χ0v) is 8.71. The van der Waals surface area contributed by atoms with Gasteiger partial charge in [-0.05, 0) is 25.9 Å². The molecule has 0 rings (SSSR count). The van der Waals surface area contributed by atoms with Gasteiger partial charge in [0.15, 0.2) is 0 Å². The van der Waals surface area contributed by atoms with Crippen molar-refractivity contribution in [3.05, 3.63) is 0 Å². The van der Waals surface area contributed by atoms with Gasteiger partial charge in [0.25, 0.3) is 0 Å². The van der Waals surface area contributed by atoms with Crippen LogP contribution in [-0.4, -0.2) is 6.69 Å². The zero-order valence-electron chi connectivity index (χ0n) is 6.19. The highest BCUT2D eigenvalue weighted by molar-refractivity contribution is 7.44. The number of nitriles is 1. The first-order valence-electron chi connectivity index (χ1n) is 3.23. The van der Waals surface area contributed by atoms with E-state index in [4.69, 9.17) is 27.4 Å². The minimum atomic E-state index is -1.94. The van der Waals surface area contributed by atoms with Crippen LogP contribution in [-0.2, 0) is 0 Å². The van der Waals surface area contributed by atoms with Crippen LogP contribution in [0.15, 0.2) is 0 Å². The second-order valence-corrected chi connectivity index (χ2v) is 10.9. The van der Waals surface area contributed by atoms with E-state index in [0.717, 1.165) is 12.5 Å². The average Bonchev–Trinajstić information content (AvgIpc) is 1.81. The molecule has 0 aromatic rings. The van der Waals surface area contributed by atoms with E-state index in [0.29, 0.717) is 0 Å². The molecule has 0 fully saturated rings. The molecular weight excluding hydrogens is 185 g/mol. The Labute approximate surface area is 72.4 Å². The summed E-state index contributed by atoms with van der Waals surface area (Å²) in [4.78, 5) is 0. The van der Waals surface area contributed by atoms with Gasteiger partial charge < -0.3 is 0 Å². The first-order valence-corrected chi connectivity index (χ1v) is 7.96. The van der Waals surface area contributed by atoms with E-state index >= 15 is 0 Å². The molecule has 0 saturated carbocycles. The summed E-state index contributed by atoms with van der Waals surface area (Å²) in [7, 11) is 0. The molecule has 0 saturated heterocycles. The summed E-state index contributed by atoms with van der Waals surface area (Å²) < 4.78 is 0. The highest BCUT2D eigenvalue weighted by Gasteiger charge is 2.21. The SMILES string of the molecule is CC(C#N)CC[Si](C)(Cl)Cl. The van der Waals surface area contributed by atoms with Gasteiger partial charge in [0.05, 0.1) is 6.07 Å². The number of nitrogens with zero attached hydrogens (tertiary/aromatic N) is 1. The van der Waals surface area contributed by atoms with Crippen LogP contribution in [0.25, 0.3) is 0 Å². The van der Waals surface area contributed by atoms with Gasteiger partial charge in [-0.15, -0.1) is 22.2 Å². The Bertz CT molecular complexity index is 136. The third-order valence-corrected chi connectivity index (χ3v) is 3.54. The fourth-order valence-corrected chi connectivity index (χ4v) is 2.13. The fourth-order valence-electron chi connectivity index (χ4n) is 0.535. The summed E-state index contributed by atoms with van der Waals surface area (Å²) in [5, 5.41) is 8.41. The van der Waals surface area contributed by atoms with Gasteiger partial charge in [-0.3, -0.25) is 0 Å². The van der Waals surface area contributed by atoms with Gasteiger partial charge in [0.1, 0.15) is 0 Å². The monoisotopic (exact) mass is 195 g/mol. The Balaban J connectivity index is 3.48. The minimum absolute atomic E-state index is 0.0873. The topological polar surface area (TPSA) is 23.8 Å². The van der Waals surface area contributed by atoms with Gasteiger partial charge in [-0.2, -0.15) is 5.26 Å². The highest BCUT2D eigenvalue weighted by atomic mass is 35.7. The summed E-state index contributed by atoms with van der Waals surface area (Å²) >= 11 is 11.7. The molecule has 0 bridgehead atoms. The van der Waals surface area contributed by atoms with Crippen LogP contribution >= 0.6 is 22.2 Å². The van der Waals surface area contributed by atoms with Crippen molar-refractivity contribution in [2.75, 3.05) is 0 Å². The third kappa shape index (κ3) is 6.41. The van der Waals surface area contributed by atoms with Gasteiger partial charge >= 0.3 is 0 Å². The molecule has 0 aliphatic carbocycles. The van der Waals surface area contributed by atoms with Crippen molar-refractivity contribution in [1.29, 1.82) is 5.26 Å². The molecule has 1 atom stereocenters. The Morgan fingerprint density at radius 1 is 1.60 bits per heavy atom. The van der Waals surface area contributed by atoms with Crippen molar-refractivity contribution in [3.8, 4) is 6.07 Å². The molecule has 0 aromatic heterocycles. The predicted octanol–water partition coefficient (Wildman–Crippen LogP) is 3.09. The molecule has 0 spiro atoms. The molecule has 0 amide bonds. The van der Waals surface area contributed by atoms with Crippen LogP contribution in [0.5, 0.6) is 0 Å². The summed E-state index contributed by atoms with van der Waals surface area (Å²) in [5.74, 6) is 0.0873. The molecule has 1 nitrogen and oxygen atoms in total. The highest BCUT2D eigenvalue weighted by Crippen LogP contribution is 2.23. The zero-order chi connectivity index (χ0) is 8.20. The van der Waals surface area contributed by atoms with Gasteiger partial charge in [-0.25, -0.2) is 0 Å². The standard InChI is InChI=1S/C6H11Cl2NSi/c1-6(5-9)3-4-10(2,7)8/h6H,3-4H2,1-2H3. The lowest BCUT2D eigenvalue weighted by Gasteiger charge is -2.09. The molecule has 1 unspecified atom stereocenters. The van der Waals surface area contributed by atoms with Gasteiger partial charge in [-0.1, -0.05) is 0 Å². The number of rotatable bonds is 3. The van der Waals surface area contributed by atoms with Gasteiger partial charge in [0.2, 0.25) is 6.69 Å². The maximum Gasteiger partial charge on any atom is 0.248 e. The van der Waals surface area contributed by atoms with Gasteiger partial charge in [0, 0.05) is 5.92 Å². The summed E-state index contributed by atoms with van der Waals surface area (Å²) in [6, 6.07) is 2.95. The normalized spacial score (nSPS) is 14.3. The molecule has 0 radical (unpaired) electrons. The van der Waals surface area contributed by atoms with E-state index < -0.39 is 6.69 Å². The van der Waals surface area contributed by atoms with Crippen LogP contribution in [0.2, 0.25) is 12.6 Å². The largest absolute Gasteiger partial charge is 0.248 e. The molecular formula is C6H11Cl2NSi.